The van der Waals surface area contributed by atoms with E-state index < -0.39 is 0 Å². The molecule has 9 nitrogen and oxygen atoms in total. The summed E-state index contributed by atoms with van der Waals surface area (Å²) >= 11 is 5.77. The number of methoxy groups -OCH3 is 1. The summed E-state index contributed by atoms with van der Waals surface area (Å²) in [5, 5.41) is 16.7. The number of rotatable bonds is 13. The first-order chi connectivity index (χ1) is 20.1. The van der Waals surface area contributed by atoms with Crippen molar-refractivity contribution in [2.75, 3.05) is 31.5 Å². The van der Waals surface area contributed by atoms with Crippen LogP contribution in [-0.4, -0.2) is 43.1 Å². The van der Waals surface area contributed by atoms with Gasteiger partial charge in [0.15, 0.2) is 29.6 Å². The smallest absolute Gasteiger partial charge is 0.258 e. The number of nitrogens with one attached hydrogen (secondary N) is 2. The van der Waals surface area contributed by atoms with Gasteiger partial charge in [-0.1, -0.05) is 12.1 Å². The Morgan fingerprint density at radius 2 is 1.83 bits per heavy atom. The van der Waals surface area contributed by atoms with Gasteiger partial charge in [-0.05, 0) is 61.7 Å². The third kappa shape index (κ3) is 7.10. The van der Waals surface area contributed by atoms with Gasteiger partial charge in [0.1, 0.15) is 11.8 Å². The summed E-state index contributed by atoms with van der Waals surface area (Å²) in [6, 6.07) is 20.6. The fraction of sp³-hybridized carbons (Fsp3) is 0.258. The molecular formula is C31H29ClN4O5. The van der Waals surface area contributed by atoms with Crippen LogP contribution in [0.4, 0.5) is 11.4 Å². The summed E-state index contributed by atoms with van der Waals surface area (Å²) in [4.78, 5) is 16.5. The van der Waals surface area contributed by atoms with Gasteiger partial charge in [0.05, 0.1) is 30.5 Å². The number of aromatic nitrogens is 1. The number of para-hydroxylation sites is 2. The van der Waals surface area contributed by atoms with E-state index in [1.165, 1.54) is 6.20 Å². The number of benzene rings is 3. The molecule has 0 radical (unpaired) electrons. The molecule has 0 bridgehead atoms. The van der Waals surface area contributed by atoms with Crippen molar-refractivity contribution in [3.63, 3.8) is 0 Å². The molecule has 1 heterocycles. The lowest BCUT2D eigenvalue weighted by molar-refractivity contribution is -0.123. The van der Waals surface area contributed by atoms with Gasteiger partial charge in [0.2, 0.25) is 0 Å². The molecule has 3 aromatic carbocycles. The quantitative estimate of drug-likeness (QED) is 0.141. The number of alkyl halides is 1. The first-order valence-corrected chi connectivity index (χ1v) is 13.8. The molecule has 5 rings (SSSR count). The Morgan fingerprint density at radius 1 is 1.05 bits per heavy atom. The molecule has 1 fully saturated rings. The summed E-state index contributed by atoms with van der Waals surface area (Å²) < 4.78 is 23.1. The largest absolute Gasteiger partial charge is 0.493 e. The summed E-state index contributed by atoms with van der Waals surface area (Å²) in [6.07, 6.45) is 4.27. The molecule has 0 spiro atoms. The highest BCUT2D eigenvalue weighted by Crippen LogP contribution is 2.38. The lowest BCUT2D eigenvalue weighted by Crippen LogP contribution is -2.30. The summed E-state index contributed by atoms with van der Waals surface area (Å²) in [6.45, 7) is 0.375. The molecule has 1 amide bonds. The SMILES string of the molecule is COc1cc2c(Nc3ccc(Oc4ccccc4OCC(=O)NC4CC4)cc3)c(C#N)cnc2cc1OCCCCl. The van der Waals surface area contributed by atoms with Crippen LogP contribution in [0.3, 0.4) is 0 Å². The second-order valence-electron chi connectivity index (χ2n) is 9.40. The third-order valence-electron chi connectivity index (χ3n) is 6.31. The predicted molar refractivity (Wildman–Crippen MR) is 157 cm³/mol. The van der Waals surface area contributed by atoms with Crippen LogP contribution in [0.5, 0.6) is 28.7 Å². The lowest BCUT2D eigenvalue weighted by atomic mass is 10.1. The highest BCUT2D eigenvalue weighted by atomic mass is 35.5. The van der Waals surface area contributed by atoms with E-state index in [0.717, 1.165) is 18.5 Å². The number of fused-ring (bicyclic) bond motifs is 1. The Kier molecular flexibility index (Phi) is 8.92. The minimum absolute atomic E-state index is 0.0767. The molecule has 10 heteroatoms. The fourth-order valence-electron chi connectivity index (χ4n) is 4.10. The highest BCUT2D eigenvalue weighted by molar-refractivity contribution is 6.17. The summed E-state index contributed by atoms with van der Waals surface area (Å²) in [5.74, 6) is 2.99. The van der Waals surface area contributed by atoms with Crippen molar-refractivity contribution in [2.24, 2.45) is 0 Å². The van der Waals surface area contributed by atoms with Crippen LogP contribution in [0.2, 0.25) is 0 Å². The predicted octanol–water partition coefficient (Wildman–Crippen LogP) is 6.32. The number of hydrogen-bond donors (Lipinski definition) is 2. The zero-order chi connectivity index (χ0) is 28.6. The number of ether oxygens (including phenoxy) is 4. The number of carbonyl (C=O) groups excluding carboxylic acids is 1. The van der Waals surface area contributed by atoms with Gasteiger partial charge in [0.25, 0.3) is 5.91 Å². The zero-order valence-electron chi connectivity index (χ0n) is 22.5. The van der Waals surface area contributed by atoms with Crippen molar-refractivity contribution >= 4 is 39.8 Å². The Balaban J connectivity index is 1.32. The minimum Gasteiger partial charge on any atom is -0.493 e. The first-order valence-electron chi connectivity index (χ1n) is 13.2. The Bertz CT molecular complexity index is 1570. The van der Waals surface area contributed by atoms with Crippen molar-refractivity contribution < 1.29 is 23.7 Å². The van der Waals surface area contributed by atoms with Crippen LogP contribution < -0.4 is 29.6 Å². The average molecular weight is 573 g/mol. The number of nitriles is 1. The molecule has 0 aliphatic heterocycles. The molecule has 1 saturated carbocycles. The van der Waals surface area contributed by atoms with E-state index in [1.54, 1.807) is 43.5 Å². The normalized spacial score (nSPS) is 12.3. The fourth-order valence-corrected chi connectivity index (χ4v) is 4.21. The van der Waals surface area contributed by atoms with Crippen molar-refractivity contribution in [2.45, 2.75) is 25.3 Å². The number of nitrogens with zero attached hydrogens (tertiary/aromatic N) is 2. The molecule has 0 unspecified atom stereocenters. The Morgan fingerprint density at radius 3 is 2.54 bits per heavy atom. The van der Waals surface area contributed by atoms with Gasteiger partial charge in [-0.3, -0.25) is 9.78 Å². The van der Waals surface area contributed by atoms with Gasteiger partial charge in [0, 0.05) is 35.3 Å². The number of anilines is 2. The van der Waals surface area contributed by atoms with Crippen LogP contribution >= 0.6 is 11.6 Å². The number of hydrogen-bond acceptors (Lipinski definition) is 8. The minimum atomic E-state index is -0.147. The third-order valence-corrected chi connectivity index (χ3v) is 6.58. The van der Waals surface area contributed by atoms with E-state index in [-0.39, 0.29) is 18.6 Å². The molecule has 41 heavy (non-hydrogen) atoms. The van der Waals surface area contributed by atoms with Crippen molar-refractivity contribution in [1.82, 2.24) is 10.3 Å². The van der Waals surface area contributed by atoms with Gasteiger partial charge in [-0.15, -0.1) is 11.6 Å². The number of pyridine rings is 1. The van der Waals surface area contributed by atoms with Crippen molar-refractivity contribution in [1.29, 1.82) is 5.26 Å². The molecule has 0 saturated heterocycles. The van der Waals surface area contributed by atoms with Crippen LogP contribution in [0.1, 0.15) is 24.8 Å². The summed E-state index contributed by atoms with van der Waals surface area (Å²) in [5.41, 5.74) is 2.37. The van der Waals surface area contributed by atoms with Crippen molar-refractivity contribution in [3.8, 4) is 34.8 Å². The summed E-state index contributed by atoms with van der Waals surface area (Å²) in [7, 11) is 1.56. The topological polar surface area (TPSA) is 115 Å². The number of carbonyl (C=O) groups is 1. The zero-order valence-corrected chi connectivity index (χ0v) is 23.2. The molecule has 0 atom stereocenters. The molecule has 4 aromatic rings. The van der Waals surface area contributed by atoms with Crippen LogP contribution in [-0.2, 0) is 4.79 Å². The molecule has 2 N–H and O–H groups in total. The van der Waals surface area contributed by atoms with Crippen molar-refractivity contribution in [3.05, 3.63) is 72.4 Å². The van der Waals surface area contributed by atoms with Crippen LogP contribution in [0.25, 0.3) is 10.9 Å². The maximum Gasteiger partial charge on any atom is 0.258 e. The second-order valence-corrected chi connectivity index (χ2v) is 9.78. The lowest BCUT2D eigenvalue weighted by Gasteiger charge is -2.16. The van der Waals surface area contributed by atoms with E-state index in [0.29, 0.717) is 69.8 Å². The maximum atomic E-state index is 12.0. The van der Waals surface area contributed by atoms with E-state index in [1.807, 2.05) is 24.3 Å². The standard InChI is InChI=1S/C31H29ClN4O5/c1-38-28-15-24-25(16-29(28)39-14-4-13-32)34-18-20(17-33)31(24)36-22-9-11-23(12-10-22)41-27-6-3-2-5-26(27)40-19-30(37)35-21-7-8-21/h2-3,5-6,9-12,15-16,18,21H,4,7-8,13-14,19H2,1H3,(H,34,36)(H,35,37). The van der Waals surface area contributed by atoms with Gasteiger partial charge in [-0.2, -0.15) is 5.26 Å². The Hall–Kier alpha value is -4.68. The Labute approximate surface area is 243 Å². The van der Waals surface area contributed by atoms with E-state index in [2.05, 4.69) is 21.7 Å². The average Bonchev–Trinajstić information content (AvgIpc) is 3.81. The first kappa shape index (κ1) is 27.9. The molecule has 210 valence electrons. The molecular weight excluding hydrogens is 544 g/mol. The second kappa shape index (κ2) is 13.1. The molecule has 1 aromatic heterocycles. The van der Waals surface area contributed by atoms with Gasteiger partial charge < -0.3 is 29.6 Å². The number of amides is 1. The van der Waals surface area contributed by atoms with E-state index in [9.17, 15) is 10.1 Å². The highest BCUT2D eigenvalue weighted by Gasteiger charge is 2.23. The van der Waals surface area contributed by atoms with E-state index in [4.69, 9.17) is 30.5 Å². The van der Waals surface area contributed by atoms with Gasteiger partial charge >= 0.3 is 0 Å². The number of halogens is 1. The van der Waals surface area contributed by atoms with Crippen LogP contribution in [0, 0.1) is 11.3 Å². The van der Waals surface area contributed by atoms with Crippen LogP contribution in [0.15, 0.2) is 66.9 Å². The van der Waals surface area contributed by atoms with E-state index >= 15 is 0 Å². The monoisotopic (exact) mass is 572 g/mol. The van der Waals surface area contributed by atoms with Gasteiger partial charge in [-0.25, -0.2) is 0 Å². The molecule has 1 aliphatic rings. The maximum absolute atomic E-state index is 12.0. The molecule has 1 aliphatic carbocycles.